The smallest absolute Gasteiger partial charge is 0.165 e. The predicted octanol–water partition coefficient (Wildman–Crippen LogP) is 3.02. The van der Waals surface area contributed by atoms with E-state index in [1.165, 1.54) is 0 Å². The Balaban J connectivity index is 3.21. The summed E-state index contributed by atoms with van der Waals surface area (Å²) < 4.78 is 18.0. The summed E-state index contributed by atoms with van der Waals surface area (Å²) in [6.07, 6.45) is 1.16. The maximum Gasteiger partial charge on any atom is 0.165 e. The van der Waals surface area contributed by atoms with Gasteiger partial charge in [0.15, 0.2) is 5.82 Å². The van der Waals surface area contributed by atoms with E-state index in [0.717, 1.165) is 6.26 Å². The van der Waals surface area contributed by atoms with Crippen LogP contribution in [0, 0.1) is 12.7 Å². The van der Waals surface area contributed by atoms with E-state index in [9.17, 15) is 4.39 Å². The third-order valence-electron chi connectivity index (χ3n) is 1.68. The Hall–Kier alpha value is -0.790. The zero-order chi connectivity index (χ0) is 8.65. The summed E-state index contributed by atoms with van der Waals surface area (Å²) in [6, 6.07) is 0. The first-order valence-corrected chi connectivity index (χ1v) is 3.67. The van der Waals surface area contributed by atoms with Gasteiger partial charge in [-0.2, -0.15) is 0 Å². The second kappa shape index (κ2) is 2.36. The highest BCUT2D eigenvalue weighted by Gasteiger charge is 2.23. The summed E-state index contributed by atoms with van der Waals surface area (Å²) in [6.45, 7) is 7.68. The van der Waals surface area contributed by atoms with Gasteiger partial charge in [-0.1, -0.05) is 20.8 Å². The second-order valence-corrected chi connectivity index (χ2v) is 3.76. The number of halogens is 1. The van der Waals surface area contributed by atoms with Crippen LogP contribution in [0.5, 0.6) is 0 Å². The highest BCUT2D eigenvalue weighted by molar-refractivity contribution is 5.25. The van der Waals surface area contributed by atoms with E-state index in [4.69, 9.17) is 4.42 Å². The molecule has 0 aromatic carbocycles. The Morgan fingerprint density at radius 1 is 1.36 bits per heavy atom. The van der Waals surface area contributed by atoms with Crippen LogP contribution in [0.15, 0.2) is 10.7 Å². The third kappa shape index (κ3) is 1.44. The first kappa shape index (κ1) is 8.31. The first-order chi connectivity index (χ1) is 4.93. The average molecular weight is 156 g/mol. The fraction of sp³-hybridized carbons (Fsp3) is 0.556. The van der Waals surface area contributed by atoms with Crippen molar-refractivity contribution in [1.29, 1.82) is 0 Å². The largest absolute Gasteiger partial charge is 0.466 e. The van der Waals surface area contributed by atoms with Gasteiger partial charge in [0.25, 0.3) is 0 Å². The molecule has 1 heterocycles. The summed E-state index contributed by atoms with van der Waals surface area (Å²) in [5.74, 6) is 0.435. The molecule has 1 aromatic rings. The molecule has 0 aliphatic heterocycles. The Morgan fingerprint density at radius 3 is 2.09 bits per heavy atom. The molecule has 0 amide bonds. The molecule has 0 unspecified atom stereocenters. The van der Waals surface area contributed by atoms with Crippen molar-refractivity contribution in [1.82, 2.24) is 0 Å². The van der Waals surface area contributed by atoms with Gasteiger partial charge in [-0.3, -0.25) is 0 Å². The van der Waals surface area contributed by atoms with Gasteiger partial charge in [-0.15, -0.1) is 0 Å². The second-order valence-electron chi connectivity index (χ2n) is 3.76. The highest BCUT2D eigenvalue weighted by Crippen LogP contribution is 2.28. The molecule has 0 aliphatic carbocycles. The topological polar surface area (TPSA) is 13.1 Å². The minimum absolute atomic E-state index is 0.166. The number of furan rings is 1. The minimum atomic E-state index is -0.241. The van der Waals surface area contributed by atoms with E-state index in [1.807, 2.05) is 20.8 Å². The lowest BCUT2D eigenvalue weighted by Crippen LogP contribution is -2.13. The Morgan fingerprint density at radius 2 is 1.91 bits per heavy atom. The third-order valence-corrected chi connectivity index (χ3v) is 1.68. The van der Waals surface area contributed by atoms with Crippen molar-refractivity contribution in [2.75, 3.05) is 0 Å². The number of rotatable bonds is 0. The molecule has 0 aliphatic rings. The minimum Gasteiger partial charge on any atom is -0.466 e. The van der Waals surface area contributed by atoms with Crippen LogP contribution >= 0.6 is 0 Å². The van der Waals surface area contributed by atoms with Crippen LogP contribution in [0.3, 0.4) is 0 Å². The van der Waals surface area contributed by atoms with E-state index < -0.39 is 0 Å². The Bertz CT molecular complexity index is 236. The summed E-state index contributed by atoms with van der Waals surface area (Å²) in [7, 11) is 0. The first-order valence-electron chi connectivity index (χ1n) is 3.67. The molecule has 0 bridgehead atoms. The molecule has 1 rings (SSSR count). The van der Waals surface area contributed by atoms with Crippen LogP contribution in [0.4, 0.5) is 4.39 Å². The van der Waals surface area contributed by atoms with Crippen LogP contribution in [0.25, 0.3) is 0 Å². The van der Waals surface area contributed by atoms with Crippen molar-refractivity contribution >= 4 is 0 Å². The van der Waals surface area contributed by atoms with Crippen LogP contribution in [-0.4, -0.2) is 0 Å². The van der Waals surface area contributed by atoms with Gasteiger partial charge in [0.05, 0.1) is 0 Å². The van der Waals surface area contributed by atoms with Crippen molar-refractivity contribution in [3.63, 3.8) is 0 Å². The number of hydrogen-bond acceptors (Lipinski definition) is 1. The molecule has 2 heteroatoms. The lowest BCUT2D eigenvalue weighted by molar-refractivity contribution is 0.506. The van der Waals surface area contributed by atoms with E-state index in [1.54, 1.807) is 6.92 Å². The average Bonchev–Trinajstić information content (AvgIpc) is 2.08. The van der Waals surface area contributed by atoms with Gasteiger partial charge in [0, 0.05) is 5.56 Å². The van der Waals surface area contributed by atoms with Crippen LogP contribution in [-0.2, 0) is 5.41 Å². The van der Waals surface area contributed by atoms with Gasteiger partial charge in [0.2, 0.25) is 0 Å². The van der Waals surface area contributed by atoms with Crippen LogP contribution < -0.4 is 0 Å². The van der Waals surface area contributed by atoms with E-state index in [0.29, 0.717) is 11.3 Å². The van der Waals surface area contributed by atoms with Crippen LogP contribution in [0.1, 0.15) is 32.1 Å². The molecule has 1 aromatic heterocycles. The monoisotopic (exact) mass is 156 g/mol. The molecule has 0 fully saturated rings. The molecule has 0 atom stereocenters. The maximum atomic E-state index is 13.0. The van der Waals surface area contributed by atoms with Crippen molar-refractivity contribution in [3.8, 4) is 0 Å². The summed E-state index contributed by atoms with van der Waals surface area (Å²) >= 11 is 0. The lowest BCUT2D eigenvalue weighted by atomic mass is 9.87. The molecule has 1 nitrogen and oxygen atoms in total. The molecule has 11 heavy (non-hydrogen) atoms. The number of aryl methyl sites for hydroxylation is 1. The summed E-state index contributed by atoms with van der Waals surface area (Å²) in [4.78, 5) is 0. The van der Waals surface area contributed by atoms with Gasteiger partial charge in [0.1, 0.15) is 12.0 Å². The number of hydrogen-bond donors (Lipinski definition) is 0. The SMILES string of the molecule is Cc1occ(F)c1C(C)(C)C. The van der Waals surface area contributed by atoms with Crippen LogP contribution in [0.2, 0.25) is 0 Å². The Labute approximate surface area is 66.2 Å². The van der Waals surface area contributed by atoms with Crippen molar-refractivity contribution < 1.29 is 8.81 Å². The maximum absolute atomic E-state index is 13.0. The molecule has 0 radical (unpaired) electrons. The van der Waals surface area contributed by atoms with Gasteiger partial charge in [-0.25, -0.2) is 4.39 Å². The zero-order valence-corrected chi connectivity index (χ0v) is 7.36. The molecule has 0 saturated carbocycles. The van der Waals surface area contributed by atoms with E-state index >= 15 is 0 Å². The molecule has 0 N–H and O–H groups in total. The molecular formula is C9H13FO. The predicted molar refractivity (Wildman–Crippen MR) is 42.1 cm³/mol. The van der Waals surface area contributed by atoms with Gasteiger partial charge in [-0.05, 0) is 12.3 Å². The summed E-state index contributed by atoms with van der Waals surface area (Å²) in [5, 5.41) is 0. The van der Waals surface area contributed by atoms with Gasteiger partial charge >= 0.3 is 0 Å². The Kier molecular flexibility index (Phi) is 1.78. The van der Waals surface area contributed by atoms with Crippen molar-refractivity contribution in [2.45, 2.75) is 33.1 Å². The van der Waals surface area contributed by atoms with E-state index in [2.05, 4.69) is 0 Å². The quantitative estimate of drug-likeness (QED) is 0.562. The molecular weight excluding hydrogens is 143 g/mol. The highest BCUT2D eigenvalue weighted by atomic mass is 19.1. The van der Waals surface area contributed by atoms with Crippen molar-refractivity contribution in [2.24, 2.45) is 0 Å². The molecule has 62 valence electrons. The fourth-order valence-electron chi connectivity index (χ4n) is 1.31. The standard InChI is InChI=1S/C9H13FO/c1-6-8(9(2,3)4)7(10)5-11-6/h5H,1-4H3. The fourth-order valence-corrected chi connectivity index (χ4v) is 1.31. The normalized spacial score (nSPS) is 12.1. The van der Waals surface area contributed by atoms with Gasteiger partial charge < -0.3 is 4.42 Å². The van der Waals surface area contributed by atoms with E-state index in [-0.39, 0.29) is 11.2 Å². The zero-order valence-electron chi connectivity index (χ0n) is 7.36. The van der Waals surface area contributed by atoms with Crippen molar-refractivity contribution in [3.05, 3.63) is 23.4 Å². The summed E-state index contributed by atoms with van der Waals surface area (Å²) in [5.41, 5.74) is 0.513. The molecule has 0 spiro atoms. The lowest BCUT2D eigenvalue weighted by Gasteiger charge is -2.17. The molecule has 0 saturated heterocycles.